The second-order valence-corrected chi connectivity index (χ2v) is 5.60. The van der Waals surface area contributed by atoms with Gasteiger partial charge in [0.15, 0.2) is 0 Å². The summed E-state index contributed by atoms with van der Waals surface area (Å²) in [6, 6.07) is 9.10. The average molecular weight is 246 g/mol. The number of hydrogen-bond donors (Lipinski definition) is 1. The lowest BCUT2D eigenvalue weighted by molar-refractivity contribution is 0.242. The zero-order valence-electron chi connectivity index (χ0n) is 11.2. The molecule has 2 unspecified atom stereocenters. The van der Waals surface area contributed by atoms with Crippen LogP contribution >= 0.6 is 0 Å². The van der Waals surface area contributed by atoms with Crippen molar-refractivity contribution in [1.82, 2.24) is 5.32 Å². The number of benzene rings is 1. The monoisotopic (exact) mass is 246 g/mol. The van der Waals surface area contributed by atoms with Crippen LogP contribution in [0.1, 0.15) is 20.3 Å². The Hall–Kier alpha value is -1.22. The van der Waals surface area contributed by atoms with Crippen molar-refractivity contribution >= 4 is 5.69 Å². The second kappa shape index (κ2) is 4.81. The Morgan fingerprint density at radius 3 is 2.94 bits per heavy atom. The van der Waals surface area contributed by atoms with Crippen molar-refractivity contribution < 1.29 is 4.74 Å². The molecule has 0 bridgehead atoms. The molecule has 2 atom stereocenters. The maximum Gasteiger partial charge on any atom is 0.142 e. The normalized spacial score (nSPS) is 26.7. The lowest BCUT2D eigenvalue weighted by Gasteiger charge is -2.28. The third-order valence-corrected chi connectivity index (χ3v) is 3.98. The molecule has 0 radical (unpaired) electrons. The van der Waals surface area contributed by atoms with Crippen molar-refractivity contribution in [3.8, 4) is 5.75 Å². The minimum atomic E-state index is 0.228. The summed E-state index contributed by atoms with van der Waals surface area (Å²) in [5.41, 5.74) is 1.27. The molecule has 2 saturated heterocycles. The number of nitrogens with zero attached hydrogens (tertiary/aromatic N) is 1. The molecular formula is C15H22N2O. The minimum Gasteiger partial charge on any atom is -0.489 e. The maximum absolute atomic E-state index is 5.94. The van der Waals surface area contributed by atoms with E-state index < -0.39 is 0 Å². The Kier molecular flexibility index (Phi) is 3.16. The van der Waals surface area contributed by atoms with Gasteiger partial charge in [0, 0.05) is 25.7 Å². The highest BCUT2D eigenvalue weighted by Crippen LogP contribution is 2.37. The predicted molar refractivity (Wildman–Crippen MR) is 74.3 cm³/mol. The Balaban J connectivity index is 1.87. The van der Waals surface area contributed by atoms with E-state index in [1.54, 1.807) is 0 Å². The van der Waals surface area contributed by atoms with Crippen molar-refractivity contribution in [2.24, 2.45) is 5.92 Å². The molecule has 2 aliphatic rings. The average Bonchev–Trinajstić information content (AvgIpc) is 2.91. The lowest BCUT2D eigenvalue weighted by Crippen LogP contribution is -2.34. The molecule has 2 aliphatic heterocycles. The Labute approximate surface area is 109 Å². The van der Waals surface area contributed by atoms with Crippen LogP contribution in [0.5, 0.6) is 5.75 Å². The first kappa shape index (κ1) is 11.8. The third-order valence-electron chi connectivity index (χ3n) is 3.98. The van der Waals surface area contributed by atoms with Crippen LogP contribution in [0.4, 0.5) is 5.69 Å². The van der Waals surface area contributed by atoms with Crippen LogP contribution in [0, 0.1) is 5.92 Å². The van der Waals surface area contributed by atoms with Gasteiger partial charge in [-0.25, -0.2) is 0 Å². The van der Waals surface area contributed by atoms with Gasteiger partial charge in [0.2, 0.25) is 0 Å². The van der Waals surface area contributed by atoms with Crippen LogP contribution in [0.15, 0.2) is 24.3 Å². The van der Waals surface area contributed by atoms with E-state index >= 15 is 0 Å². The van der Waals surface area contributed by atoms with Gasteiger partial charge in [-0.15, -0.1) is 0 Å². The molecule has 0 spiro atoms. The van der Waals surface area contributed by atoms with Crippen LogP contribution in [0.3, 0.4) is 0 Å². The zero-order chi connectivity index (χ0) is 12.5. The van der Waals surface area contributed by atoms with Gasteiger partial charge in [-0.1, -0.05) is 12.1 Å². The van der Waals surface area contributed by atoms with Crippen molar-refractivity contribution in [2.45, 2.75) is 32.4 Å². The van der Waals surface area contributed by atoms with Gasteiger partial charge in [-0.05, 0) is 38.3 Å². The Morgan fingerprint density at radius 2 is 2.11 bits per heavy atom. The summed E-state index contributed by atoms with van der Waals surface area (Å²) >= 11 is 0. The zero-order valence-corrected chi connectivity index (χ0v) is 11.2. The summed E-state index contributed by atoms with van der Waals surface area (Å²) in [5, 5.41) is 3.50. The van der Waals surface area contributed by atoms with E-state index in [9.17, 15) is 0 Å². The SMILES string of the molecule is CC(C)Oc1ccccc1N1CCC2CNCC21. The van der Waals surface area contributed by atoms with Gasteiger partial charge in [0.25, 0.3) is 0 Å². The van der Waals surface area contributed by atoms with Crippen molar-refractivity contribution in [3.63, 3.8) is 0 Å². The van der Waals surface area contributed by atoms with E-state index in [-0.39, 0.29) is 6.10 Å². The van der Waals surface area contributed by atoms with Crippen LogP contribution in [-0.4, -0.2) is 31.8 Å². The molecule has 0 amide bonds. The summed E-state index contributed by atoms with van der Waals surface area (Å²) in [7, 11) is 0. The summed E-state index contributed by atoms with van der Waals surface area (Å²) in [4.78, 5) is 2.53. The van der Waals surface area contributed by atoms with E-state index in [1.165, 1.54) is 18.7 Å². The predicted octanol–water partition coefficient (Wildman–Crippen LogP) is 2.27. The van der Waals surface area contributed by atoms with Crippen molar-refractivity contribution in [3.05, 3.63) is 24.3 Å². The third kappa shape index (κ3) is 2.07. The molecule has 1 N–H and O–H groups in total. The molecule has 0 aromatic heterocycles. The van der Waals surface area contributed by atoms with Crippen LogP contribution in [0.2, 0.25) is 0 Å². The van der Waals surface area contributed by atoms with E-state index in [2.05, 4.69) is 48.3 Å². The van der Waals surface area contributed by atoms with Crippen molar-refractivity contribution in [1.29, 1.82) is 0 Å². The fraction of sp³-hybridized carbons (Fsp3) is 0.600. The number of ether oxygens (including phenoxy) is 1. The lowest BCUT2D eigenvalue weighted by atomic mass is 10.0. The standard InChI is InChI=1S/C15H22N2O/c1-11(2)18-15-6-4-3-5-13(15)17-8-7-12-9-16-10-14(12)17/h3-6,11-12,14,16H,7-10H2,1-2H3. The van der Waals surface area contributed by atoms with Crippen LogP contribution in [0.25, 0.3) is 0 Å². The molecule has 3 heteroatoms. The first-order valence-electron chi connectivity index (χ1n) is 6.99. The number of hydrogen-bond acceptors (Lipinski definition) is 3. The van der Waals surface area contributed by atoms with E-state index in [0.29, 0.717) is 6.04 Å². The molecule has 0 saturated carbocycles. The quantitative estimate of drug-likeness (QED) is 0.885. The summed E-state index contributed by atoms with van der Waals surface area (Å²) in [6.07, 6.45) is 1.53. The molecule has 3 rings (SSSR count). The highest BCUT2D eigenvalue weighted by Gasteiger charge is 2.38. The minimum absolute atomic E-state index is 0.228. The smallest absolute Gasteiger partial charge is 0.142 e. The molecule has 3 nitrogen and oxygen atoms in total. The first-order valence-corrected chi connectivity index (χ1v) is 6.99. The second-order valence-electron chi connectivity index (χ2n) is 5.60. The summed E-state index contributed by atoms with van der Waals surface area (Å²) < 4.78 is 5.94. The largest absolute Gasteiger partial charge is 0.489 e. The Morgan fingerprint density at radius 1 is 1.28 bits per heavy atom. The maximum atomic E-state index is 5.94. The molecule has 1 aromatic carbocycles. The molecule has 2 fully saturated rings. The molecule has 18 heavy (non-hydrogen) atoms. The number of nitrogens with one attached hydrogen (secondary N) is 1. The van der Waals surface area contributed by atoms with Gasteiger partial charge in [-0.2, -0.15) is 0 Å². The number of rotatable bonds is 3. The summed E-state index contributed by atoms with van der Waals surface area (Å²) in [6.45, 7) is 7.62. The van der Waals surface area contributed by atoms with Gasteiger partial charge in [-0.3, -0.25) is 0 Å². The van der Waals surface area contributed by atoms with Gasteiger partial charge in [0.1, 0.15) is 5.75 Å². The fourth-order valence-corrected chi connectivity index (χ4v) is 3.20. The van der Waals surface area contributed by atoms with Crippen molar-refractivity contribution in [2.75, 3.05) is 24.5 Å². The molecule has 0 aliphatic carbocycles. The number of anilines is 1. The summed E-state index contributed by atoms with van der Waals surface area (Å²) in [5.74, 6) is 1.84. The van der Waals surface area contributed by atoms with Gasteiger partial charge in [0.05, 0.1) is 11.8 Å². The number of para-hydroxylation sites is 2. The van der Waals surface area contributed by atoms with Crippen LogP contribution < -0.4 is 15.0 Å². The van der Waals surface area contributed by atoms with E-state index in [4.69, 9.17) is 4.74 Å². The Bertz CT molecular complexity index is 419. The van der Waals surface area contributed by atoms with E-state index in [0.717, 1.165) is 24.8 Å². The van der Waals surface area contributed by atoms with Crippen LogP contribution in [-0.2, 0) is 0 Å². The molecule has 2 heterocycles. The highest BCUT2D eigenvalue weighted by molar-refractivity contribution is 5.60. The van der Waals surface area contributed by atoms with Gasteiger partial charge >= 0.3 is 0 Å². The topological polar surface area (TPSA) is 24.5 Å². The molecule has 98 valence electrons. The van der Waals surface area contributed by atoms with E-state index in [1.807, 2.05) is 0 Å². The highest BCUT2D eigenvalue weighted by atomic mass is 16.5. The number of fused-ring (bicyclic) bond motifs is 1. The first-order chi connectivity index (χ1) is 8.75. The van der Waals surface area contributed by atoms with Gasteiger partial charge < -0.3 is 15.0 Å². The fourth-order valence-electron chi connectivity index (χ4n) is 3.20. The molecular weight excluding hydrogens is 224 g/mol. The molecule has 1 aromatic rings.